The average Bonchev–Trinajstić information content (AvgIpc) is 2.60. The molecular weight excluding hydrogens is 336 g/mol. The van der Waals surface area contributed by atoms with Gasteiger partial charge in [-0.25, -0.2) is 9.97 Å². The van der Waals surface area contributed by atoms with Crippen molar-refractivity contribution in [3.05, 3.63) is 17.1 Å². The van der Waals surface area contributed by atoms with Gasteiger partial charge in [-0.2, -0.15) is 0 Å². The third-order valence-corrected chi connectivity index (χ3v) is 6.10. The maximum absolute atomic E-state index is 12.8. The summed E-state index contributed by atoms with van der Waals surface area (Å²) >= 11 is 6.01. The molecule has 3 heterocycles. The Morgan fingerprint density at radius 3 is 2.56 bits per heavy atom. The number of fused-ring (bicyclic) bond motifs is 1. The third-order valence-electron chi connectivity index (χ3n) is 5.43. The van der Waals surface area contributed by atoms with Gasteiger partial charge in [-0.05, 0) is 39.5 Å². The quantitative estimate of drug-likeness (QED) is 0.773. The molecule has 1 amide bonds. The minimum absolute atomic E-state index is 0.118. The van der Waals surface area contributed by atoms with E-state index >= 15 is 0 Å². The van der Waals surface area contributed by atoms with Crippen molar-refractivity contribution in [1.82, 2.24) is 14.9 Å². The minimum Gasteiger partial charge on any atom is -0.356 e. The molecule has 0 aromatic carbocycles. The molecule has 5 nitrogen and oxygen atoms in total. The van der Waals surface area contributed by atoms with Crippen LogP contribution in [0.5, 0.6) is 0 Å². The number of alkyl halides is 1. The first-order valence-electron chi connectivity index (χ1n) is 9.28. The second kappa shape index (κ2) is 7.10. The zero-order valence-corrected chi connectivity index (χ0v) is 16.6. The first-order chi connectivity index (χ1) is 11.8. The van der Waals surface area contributed by atoms with Gasteiger partial charge in [0, 0.05) is 37.5 Å². The van der Waals surface area contributed by atoms with Gasteiger partial charge < -0.3 is 9.80 Å². The van der Waals surface area contributed by atoms with E-state index < -0.39 is 5.41 Å². The number of rotatable bonds is 3. The zero-order valence-electron chi connectivity index (χ0n) is 15.8. The number of anilines is 1. The molecule has 2 aliphatic rings. The van der Waals surface area contributed by atoms with Crippen LogP contribution in [0.3, 0.4) is 0 Å². The van der Waals surface area contributed by atoms with Crippen LogP contribution in [0, 0.1) is 18.3 Å². The largest absolute Gasteiger partial charge is 0.356 e. The van der Waals surface area contributed by atoms with Crippen molar-refractivity contribution >= 4 is 23.3 Å². The number of carbonyl (C=O) groups is 1. The molecule has 3 rings (SSSR count). The molecule has 25 heavy (non-hydrogen) atoms. The molecule has 1 aromatic heterocycles. The highest BCUT2D eigenvalue weighted by atomic mass is 35.5. The number of carbonyl (C=O) groups excluding carboxylic acids is 1. The van der Waals surface area contributed by atoms with Gasteiger partial charge in [-0.3, -0.25) is 4.79 Å². The van der Waals surface area contributed by atoms with E-state index in [1.807, 2.05) is 25.7 Å². The highest BCUT2D eigenvalue weighted by Gasteiger charge is 2.35. The van der Waals surface area contributed by atoms with E-state index in [-0.39, 0.29) is 5.91 Å². The van der Waals surface area contributed by atoms with Gasteiger partial charge >= 0.3 is 0 Å². The fourth-order valence-corrected chi connectivity index (χ4v) is 3.77. The lowest BCUT2D eigenvalue weighted by atomic mass is 9.92. The standard InChI is InChI=1S/C19H29ClN4O/c1-13-5-8-23(9-6-13)17-15-11-24(18(25)19(3,4)12-20)10-7-16(15)21-14(2)22-17/h13H,5-12H2,1-4H3. The Bertz CT molecular complexity index is 653. The van der Waals surface area contributed by atoms with Gasteiger partial charge in [-0.15, -0.1) is 11.6 Å². The van der Waals surface area contributed by atoms with Crippen LogP contribution < -0.4 is 4.90 Å². The van der Waals surface area contributed by atoms with Crippen LogP contribution in [0.15, 0.2) is 0 Å². The third kappa shape index (κ3) is 3.76. The Hall–Kier alpha value is -1.36. The van der Waals surface area contributed by atoms with Crippen LogP contribution >= 0.6 is 11.6 Å². The van der Waals surface area contributed by atoms with Crippen molar-refractivity contribution in [3.63, 3.8) is 0 Å². The number of hydrogen-bond donors (Lipinski definition) is 0. The normalized spacial score (nSPS) is 19.1. The minimum atomic E-state index is -0.536. The topological polar surface area (TPSA) is 49.3 Å². The highest BCUT2D eigenvalue weighted by Crippen LogP contribution is 2.31. The second-order valence-electron chi connectivity index (χ2n) is 8.18. The van der Waals surface area contributed by atoms with Gasteiger partial charge in [0.15, 0.2) is 0 Å². The zero-order chi connectivity index (χ0) is 18.2. The highest BCUT2D eigenvalue weighted by molar-refractivity contribution is 6.19. The fraction of sp³-hybridized carbons (Fsp3) is 0.737. The molecule has 0 saturated carbocycles. The van der Waals surface area contributed by atoms with E-state index in [4.69, 9.17) is 16.6 Å². The van der Waals surface area contributed by atoms with Crippen LogP contribution in [0.2, 0.25) is 0 Å². The molecule has 0 radical (unpaired) electrons. The molecule has 1 fully saturated rings. The van der Waals surface area contributed by atoms with E-state index in [9.17, 15) is 4.79 Å². The molecule has 138 valence electrons. The predicted molar refractivity (Wildman–Crippen MR) is 101 cm³/mol. The van der Waals surface area contributed by atoms with Crippen LogP contribution in [0.25, 0.3) is 0 Å². The summed E-state index contributed by atoms with van der Waals surface area (Å²) in [5.41, 5.74) is 1.70. The SMILES string of the molecule is Cc1nc2c(c(N3CCC(C)CC3)n1)CN(C(=O)C(C)(C)CCl)CC2. The van der Waals surface area contributed by atoms with Crippen molar-refractivity contribution < 1.29 is 4.79 Å². The number of aromatic nitrogens is 2. The second-order valence-corrected chi connectivity index (χ2v) is 8.45. The van der Waals surface area contributed by atoms with Crippen molar-refractivity contribution in [2.75, 3.05) is 30.4 Å². The van der Waals surface area contributed by atoms with Gasteiger partial charge in [0.1, 0.15) is 11.6 Å². The molecule has 1 saturated heterocycles. The Kier molecular flexibility index (Phi) is 5.24. The number of aryl methyl sites for hydroxylation is 1. The van der Waals surface area contributed by atoms with E-state index in [1.54, 1.807) is 0 Å². The smallest absolute Gasteiger partial charge is 0.229 e. The van der Waals surface area contributed by atoms with Gasteiger partial charge in [0.05, 0.1) is 17.7 Å². The predicted octanol–water partition coefficient (Wildman–Crippen LogP) is 3.17. The molecule has 0 atom stereocenters. The molecule has 0 aliphatic carbocycles. The summed E-state index contributed by atoms with van der Waals surface area (Å²) in [6.45, 7) is 11.5. The van der Waals surface area contributed by atoms with E-state index in [0.717, 1.165) is 48.3 Å². The number of hydrogen-bond acceptors (Lipinski definition) is 4. The maximum Gasteiger partial charge on any atom is 0.229 e. The lowest BCUT2D eigenvalue weighted by Crippen LogP contribution is -2.45. The van der Waals surface area contributed by atoms with Crippen molar-refractivity contribution in [2.24, 2.45) is 11.3 Å². The van der Waals surface area contributed by atoms with Gasteiger partial charge in [0.2, 0.25) is 5.91 Å². The summed E-state index contributed by atoms with van der Waals surface area (Å²) in [6, 6.07) is 0. The molecule has 1 aromatic rings. The molecule has 0 N–H and O–H groups in total. The molecule has 0 bridgehead atoms. The van der Waals surface area contributed by atoms with Crippen LogP contribution in [0.4, 0.5) is 5.82 Å². The summed E-state index contributed by atoms with van der Waals surface area (Å²) in [5, 5.41) is 0. The lowest BCUT2D eigenvalue weighted by molar-refractivity contribution is -0.140. The summed E-state index contributed by atoms with van der Waals surface area (Å²) in [5.74, 6) is 3.09. The van der Waals surface area contributed by atoms with Crippen LogP contribution in [-0.4, -0.2) is 46.3 Å². The Balaban J connectivity index is 1.89. The summed E-state index contributed by atoms with van der Waals surface area (Å²) in [6.07, 6.45) is 3.18. The summed E-state index contributed by atoms with van der Waals surface area (Å²) in [4.78, 5) is 26.6. The molecular formula is C19H29ClN4O. The van der Waals surface area contributed by atoms with Crippen molar-refractivity contribution in [2.45, 2.75) is 53.5 Å². The van der Waals surface area contributed by atoms with E-state index in [0.29, 0.717) is 19.0 Å². The average molecular weight is 365 g/mol. The van der Waals surface area contributed by atoms with Crippen molar-refractivity contribution in [1.29, 1.82) is 0 Å². The fourth-order valence-electron chi connectivity index (χ4n) is 3.66. The molecule has 2 aliphatic heterocycles. The van der Waals surface area contributed by atoms with Crippen LogP contribution in [-0.2, 0) is 17.8 Å². The van der Waals surface area contributed by atoms with Crippen molar-refractivity contribution in [3.8, 4) is 0 Å². The first kappa shape index (κ1) is 18.4. The summed E-state index contributed by atoms with van der Waals surface area (Å²) < 4.78 is 0. The number of halogens is 1. The van der Waals surface area contributed by atoms with E-state index in [2.05, 4.69) is 16.8 Å². The van der Waals surface area contributed by atoms with Crippen LogP contribution in [0.1, 0.15) is 50.7 Å². The summed E-state index contributed by atoms with van der Waals surface area (Å²) in [7, 11) is 0. The number of amides is 1. The molecule has 6 heteroatoms. The first-order valence-corrected chi connectivity index (χ1v) is 9.82. The monoisotopic (exact) mass is 364 g/mol. The number of nitrogens with zero attached hydrogens (tertiary/aromatic N) is 4. The Morgan fingerprint density at radius 1 is 1.24 bits per heavy atom. The maximum atomic E-state index is 12.8. The Morgan fingerprint density at radius 2 is 1.92 bits per heavy atom. The van der Waals surface area contributed by atoms with Gasteiger partial charge in [0.25, 0.3) is 0 Å². The Labute approximate surface area is 155 Å². The molecule has 0 spiro atoms. The van der Waals surface area contributed by atoms with Gasteiger partial charge in [-0.1, -0.05) is 6.92 Å². The van der Waals surface area contributed by atoms with E-state index in [1.165, 1.54) is 12.8 Å². The lowest BCUT2D eigenvalue weighted by Gasteiger charge is -2.37. The number of piperidine rings is 1. The molecule has 0 unspecified atom stereocenters.